The lowest BCUT2D eigenvalue weighted by Crippen LogP contribution is -2.14. The van der Waals surface area contributed by atoms with E-state index in [-0.39, 0.29) is 11.7 Å². The molecule has 0 aliphatic rings. The topological polar surface area (TPSA) is 108 Å². The van der Waals surface area contributed by atoms with Crippen LogP contribution in [0.5, 0.6) is 5.75 Å². The summed E-state index contributed by atoms with van der Waals surface area (Å²) in [5, 5.41) is 20.6. The van der Waals surface area contributed by atoms with Crippen LogP contribution in [0.25, 0.3) is 22.6 Å². The summed E-state index contributed by atoms with van der Waals surface area (Å²) in [4.78, 5) is 12.1. The van der Waals surface area contributed by atoms with Crippen molar-refractivity contribution in [2.45, 2.75) is 11.7 Å². The number of anilines is 1. The highest BCUT2D eigenvalue weighted by atomic mass is 32.2. The number of nitrogens with one attached hydrogen (secondary N) is 1. The van der Waals surface area contributed by atoms with Crippen molar-refractivity contribution in [2.24, 2.45) is 0 Å². The number of methoxy groups -OCH3 is 1. The zero-order valence-corrected chi connectivity index (χ0v) is 17.0. The largest absolute Gasteiger partial charge is 0.493 e. The number of hydrogen-bond acceptors (Lipinski definition) is 9. The first-order chi connectivity index (χ1) is 14.2. The Morgan fingerprint density at radius 3 is 3.07 bits per heavy atom. The van der Waals surface area contributed by atoms with E-state index in [1.807, 2.05) is 28.8 Å². The monoisotopic (exact) mass is 428 g/mol. The molecular formula is C18H16N6O3S2. The van der Waals surface area contributed by atoms with E-state index in [0.29, 0.717) is 39.7 Å². The number of carbonyl (C=O) groups is 1. The minimum atomic E-state index is -0.199. The Bertz CT molecular complexity index is 1150. The molecule has 0 radical (unpaired) electrons. The second-order valence-corrected chi connectivity index (χ2v) is 7.55. The molecule has 3 heterocycles. The maximum absolute atomic E-state index is 12.1. The fourth-order valence-electron chi connectivity index (χ4n) is 2.69. The maximum atomic E-state index is 12.1. The lowest BCUT2D eigenvalue weighted by Gasteiger charge is -2.06. The number of benzene rings is 1. The van der Waals surface area contributed by atoms with Gasteiger partial charge in [0.2, 0.25) is 16.9 Å². The Hall–Kier alpha value is -3.18. The van der Waals surface area contributed by atoms with Gasteiger partial charge in [0.05, 0.1) is 12.9 Å². The number of amides is 1. The molecule has 1 N–H and O–H groups in total. The lowest BCUT2D eigenvalue weighted by molar-refractivity contribution is -0.113. The Labute approximate surface area is 173 Å². The number of thioether (sulfide) groups is 1. The summed E-state index contributed by atoms with van der Waals surface area (Å²) >= 11 is 2.52. The van der Waals surface area contributed by atoms with Gasteiger partial charge < -0.3 is 9.15 Å². The van der Waals surface area contributed by atoms with E-state index >= 15 is 0 Å². The number of aromatic nitrogens is 5. The first-order valence-electron chi connectivity index (χ1n) is 8.49. The maximum Gasteiger partial charge on any atom is 0.236 e. The second kappa shape index (κ2) is 8.45. The molecule has 0 bridgehead atoms. The van der Waals surface area contributed by atoms with E-state index in [9.17, 15) is 4.79 Å². The highest BCUT2D eigenvalue weighted by Gasteiger charge is 2.19. The molecule has 0 aliphatic heterocycles. The third kappa shape index (κ3) is 4.00. The number of fused-ring (bicyclic) bond motifs is 1. The third-order valence-corrected chi connectivity index (χ3v) is 5.49. The molecule has 0 saturated carbocycles. The van der Waals surface area contributed by atoms with Gasteiger partial charge in [-0.25, -0.2) is 0 Å². The zero-order valence-electron chi connectivity index (χ0n) is 15.4. The van der Waals surface area contributed by atoms with Gasteiger partial charge in [-0.3, -0.25) is 14.7 Å². The molecule has 0 unspecified atom stereocenters. The van der Waals surface area contributed by atoms with Crippen molar-refractivity contribution < 1.29 is 13.9 Å². The Morgan fingerprint density at radius 2 is 2.31 bits per heavy atom. The summed E-state index contributed by atoms with van der Waals surface area (Å²) in [5.41, 5.74) is 2.20. The lowest BCUT2D eigenvalue weighted by atomic mass is 10.2. The molecule has 4 aromatic rings. The van der Waals surface area contributed by atoms with Gasteiger partial charge >= 0.3 is 0 Å². The van der Waals surface area contributed by atoms with Crippen LogP contribution in [-0.4, -0.2) is 43.7 Å². The molecule has 29 heavy (non-hydrogen) atoms. The van der Waals surface area contributed by atoms with Crippen molar-refractivity contribution in [3.05, 3.63) is 42.4 Å². The van der Waals surface area contributed by atoms with Gasteiger partial charge in [-0.2, -0.15) is 0 Å². The van der Waals surface area contributed by atoms with Crippen LogP contribution >= 0.6 is 23.1 Å². The van der Waals surface area contributed by atoms with Crippen molar-refractivity contribution >= 4 is 45.1 Å². The standard InChI is InChI=1S/C18H16N6O3S2/c1-3-7-24-16(13-8-11-5-4-6-12(26-2)15(11)27-13)21-23-18(24)28-9-14(25)20-17-22-19-10-29-17/h3-6,8,10H,1,7,9H2,2H3,(H,20,22,25). The van der Waals surface area contributed by atoms with E-state index in [0.717, 1.165) is 5.39 Å². The second-order valence-electron chi connectivity index (χ2n) is 5.78. The highest BCUT2D eigenvalue weighted by Crippen LogP contribution is 2.33. The summed E-state index contributed by atoms with van der Waals surface area (Å²) in [7, 11) is 1.60. The molecule has 3 aromatic heterocycles. The van der Waals surface area contributed by atoms with E-state index in [2.05, 4.69) is 32.3 Å². The summed E-state index contributed by atoms with van der Waals surface area (Å²) < 4.78 is 13.2. The first kappa shape index (κ1) is 19.2. The van der Waals surface area contributed by atoms with E-state index in [4.69, 9.17) is 9.15 Å². The van der Waals surface area contributed by atoms with E-state index in [1.54, 1.807) is 18.7 Å². The fourth-order valence-corrected chi connectivity index (χ4v) is 3.90. The molecule has 0 spiro atoms. The smallest absolute Gasteiger partial charge is 0.236 e. The van der Waals surface area contributed by atoms with Crippen molar-refractivity contribution in [3.8, 4) is 17.3 Å². The summed E-state index contributed by atoms with van der Waals surface area (Å²) in [6, 6.07) is 7.55. The molecule has 148 valence electrons. The molecule has 0 aliphatic carbocycles. The Kier molecular flexibility index (Phi) is 5.58. The number of carbonyl (C=O) groups excluding carboxylic acids is 1. The Balaban J connectivity index is 1.58. The predicted octanol–water partition coefficient (Wildman–Crippen LogP) is 3.47. The van der Waals surface area contributed by atoms with Crippen molar-refractivity contribution in [3.63, 3.8) is 0 Å². The van der Waals surface area contributed by atoms with Crippen LogP contribution in [0.4, 0.5) is 5.13 Å². The minimum Gasteiger partial charge on any atom is -0.493 e. The Morgan fingerprint density at radius 1 is 1.41 bits per heavy atom. The number of hydrogen-bond donors (Lipinski definition) is 1. The molecular weight excluding hydrogens is 412 g/mol. The molecule has 0 atom stereocenters. The van der Waals surface area contributed by atoms with Crippen LogP contribution in [0.1, 0.15) is 0 Å². The molecule has 0 saturated heterocycles. The number of allylic oxidation sites excluding steroid dienone is 1. The van der Waals surface area contributed by atoms with Gasteiger partial charge in [-0.05, 0) is 12.1 Å². The number of ether oxygens (including phenoxy) is 1. The predicted molar refractivity (Wildman–Crippen MR) is 111 cm³/mol. The van der Waals surface area contributed by atoms with Crippen molar-refractivity contribution in [1.82, 2.24) is 25.0 Å². The third-order valence-electron chi connectivity index (χ3n) is 3.92. The summed E-state index contributed by atoms with van der Waals surface area (Å²) in [5.74, 6) is 1.71. The van der Waals surface area contributed by atoms with Gasteiger partial charge in [-0.1, -0.05) is 41.3 Å². The van der Waals surface area contributed by atoms with Crippen LogP contribution in [0, 0.1) is 0 Å². The molecule has 0 fully saturated rings. The highest BCUT2D eigenvalue weighted by molar-refractivity contribution is 7.99. The average molecular weight is 428 g/mol. The van der Waals surface area contributed by atoms with Gasteiger partial charge in [-0.15, -0.1) is 27.0 Å². The molecule has 4 rings (SSSR count). The van der Waals surface area contributed by atoms with Gasteiger partial charge in [0.1, 0.15) is 5.51 Å². The number of furan rings is 1. The van der Waals surface area contributed by atoms with Crippen LogP contribution in [0.15, 0.2) is 52.0 Å². The quantitative estimate of drug-likeness (QED) is 0.336. The minimum absolute atomic E-state index is 0.156. The molecule has 1 aromatic carbocycles. The molecule has 9 nitrogen and oxygen atoms in total. The van der Waals surface area contributed by atoms with Crippen molar-refractivity contribution in [2.75, 3.05) is 18.2 Å². The van der Waals surface area contributed by atoms with Gasteiger partial charge in [0, 0.05) is 11.9 Å². The normalized spacial score (nSPS) is 10.9. The van der Waals surface area contributed by atoms with Gasteiger partial charge in [0.15, 0.2) is 22.2 Å². The van der Waals surface area contributed by atoms with Crippen LogP contribution < -0.4 is 10.1 Å². The van der Waals surface area contributed by atoms with Crippen molar-refractivity contribution in [1.29, 1.82) is 0 Å². The molecule has 1 amide bonds. The zero-order chi connectivity index (χ0) is 20.2. The number of nitrogens with zero attached hydrogens (tertiary/aromatic N) is 5. The van der Waals surface area contributed by atoms with Crippen LogP contribution in [0.2, 0.25) is 0 Å². The van der Waals surface area contributed by atoms with Gasteiger partial charge in [0.25, 0.3) is 0 Å². The number of rotatable bonds is 8. The first-order valence-corrected chi connectivity index (χ1v) is 10.4. The fraction of sp³-hybridized carbons (Fsp3) is 0.167. The SMILES string of the molecule is C=CCn1c(SCC(=O)Nc2nncs2)nnc1-c1cc2cccc(OC)c2o1. The summed E-state index contributed by atoms with van der Waals surface area (Å²) in [6.45, 7) is 4.27. The van der Waals surface area contributed by atoms with Crippen LogP contribution in [-0.2, 0) is 11.3 Å². The van der Waals surface area contributed by atoms with E-state index in [1.165, 1.54) is 23.1 Å². The average Bonchev–Trinajstić information content (AvgIpc) is 3.46. The van der Waals surface area contributed by atoms with E-state index < -0.39 is 0 Å². The summed E-state index contributed by atoms with van der Waals surface area (Å²) in [6.07, 6.45) is 1.74. The number of para-hydroxylation sites is 1. The molecule has 11 heteroatoms. The van der Waals surface area contributed by atoms with Crippen LogP contribution in [0.3, 0.4) is 0 Å².